The summed E-state index contributed by atoms with van der Waals surface area (Å²) in [6, 6.07) is 14.8. The number of hydrogen-bond donors (Lipinski definition) is 0. The normalized spacial score (nSPS) is 15.3. The fraction of sp³-hybridized carbons (Fsp3) is 0.227. The zero-order valence-corrected chi connectivity index (χ0v) is 16.4. The molecule has 140 valence electrons. The molecule has 1 unspecified atom stereocenters. The number of nitrogens with zero attached hydrogens (tertiary/aromatic N) is 4. The summed E-state index contributed by atoms with van der Waals surface area (Å²) in [5, 5.41) is 0. The van der Waals surface area contributed by atoms with Crippen LogP contribution < -0.4 is 4.74 Å². The number of fused-ring (bicyclic) bond motifs is 2. The molecule has 0 saturated heterocycles. The summed E-state index contributed by atoms with van der Waals surface area (Å²) in [4.78, 5) is 15.8. The first-order valence-electron chi connectivity index (χ1n) is 9.40. The summed E-state index contributed by atoms with van der Waals surface area (Å²) in [7, 11) is 0. The molecule has 1 aliphatic rings. The Morgan fingerprint density at radius 3 is 3.04 bits per heavy atom. The predicted molar refractivity (Wildman–Crippen MR) is 111 cm³/mol. The van der Waals surface area contributed by atoms with Crippen LogP contribution in [0.3, 0.4) is 0 Å². The van der Waals surface area contributed by atoms with Gasteiger partial charge in [0.1, 0.15) is 5.75 Å². The van der Waals surface area contributed by atoms with Gasteiger partial charge in [0.15, 0.2) is 0 Å². The minimum absolute atomic E-state index is 0.338. The molecule has 5 rings (SSSR count). The molecule has 1 aliphatic heterocycles. The molecule has 0 spiro atoms. The Bertz CT molecular complexity index is 1110. The molecule has 1 atom stereocenters. The minimum atomic E-state index is 0.338. The van der Waals surface area contributed by atoms with Crippen molar-refractivity contribution in [1.82, 2.24) is 19.9 Å². The third-order valence-corrected chi connectivity index (χ3v) is 6.10. The second-order valence-corrected chi connectivity index (χ2v) is 7.91. The van der Waals surface area contributed by atoms with Crippen molar-refractivity contribution < 1.29 is 4.74 Å². The van der Waals surface area contributed by atoms with Crippen LogP contribution >= 0.6 is 11.3 Å². The molecule has 0 N–H and O–H groups in total. The van der Waals surface area contributed by atoms with Crippen LogP contribution in [-0.4, -0.2) is 26.4 Å². The van der Waals surface area contributed by atoms with E-state index in [1.807, 2.05) is 23.7 Å². The molecular formula is C22H20N4OS. The van der Waals surface area contributed by atoms with Gasteiger partial charge >= 0.3 is 0 Å². The highest BCUT2D eigenvalue weighted by Crippen LogP contribution is 2.30. The van der Waals surface area contributed by atoms with Gasteiger partial charge in [-0.15, -0.1) is 11.3 Å². The molecular weight excluding hydrogens is 368 g/mol. The van der Waals surface area contributed by atoms with Gasteiger partial charge in [-0.25, -0.2) is 9.97 Å². The number of pyridine rings is 2. The summed E-state index contributed by atoms with van der Waals surface area (Å²) in [6.07, 6.45) is 4.35. The minimum Gasteiger partial charge on any atom is -0.437 e. The van der Waals surface area contributed by atoms with E-state index in [9.17, 15) is 0 Å². The van der Waals surface area contributed by atoms with E-state index in [1.54, 1.807) is 23.7 Å². The van der Waals surface area contributed by atoms with E-state index in [0.717, 1.165) is 30.7 Å². The maximum atomic E-state index is 5.83. The maximum Gasteiger partial charge on any atom is 0.219 e. The lowest BCUT2D eigenvalue weighted by Crippen LogP contribution is -2.33. The van der Waals surface area contributed by atoms with Crippen LogP contribution in [0.15, 0.2) is 60.4 Å². The lowest BCUT2D eigenvalue weighted by molar-refractivity contribution is 0.190. The van der Waals surface area contributed by atoms with Crippen molar-refractivity contribution in [2.75, 3.05) is 6.54 Å². The van der Waals surface area contributed by atoms with Crippen molar-refractivity contribution in [3.8, 4) is 11.6 Å². The molecule has 4 heterocycles. The van der Waals surface area contributed by atoms with Gasteiger partial charge in [0.2, 0.25) is 5.88 Å². The smallest absolute Gasteiger partial charge is 0.219 e. The Labute approximate surface area is 167 Å². The number of thiazole rings is 1. The largest absolute Gasteiger partial charge is 0.437 e. The monoisotopic (exact) mass is 388 g/mol. The summed E-state index contributed by atoms with van der Waals surface area (Å²) in [6.45, 7) is 4.14. The van der Waals surface area contributed by atoms with Crippen molar-refractivity contribution in [2.45, 2.75) is 25.9 Å². The van der Waals surface area contributed by atoms with Gasteiger partial charge in [0, 0.05) is 37.8 Å². The summed E-state index contributed by atoms with van der Waals surface area (Å²) in [5.41, 5.74) is 6.70. The highest BCUT2D eigenvalue weighted by atomic mass is 32.1. The average Bonchev–Trinajstić information content (AvgIpc) is 3.21. The van der Waals surface area contributed by atoms with Crippen LogP contribution in [0.1, 0.15) is 29.8 Å². The van der Waals surface area contributed by atoms with Crippen LogP contribution in [-0.2, 0) is 13.0 Å². The number of benzene rings is 1. The van der Waals surface area contributed by atoms with Crippen LogP contribution in [0.25, 0.3) is 10.2 Å². The van der Waals surface area contributed by atoms with Crippen LogP contribution in [0.4, 0.5) is 0 Å². The van der Waals surface area contributed by atoms with Crippen molar-refractivity contribution >= 4 is 21.6 Å². The molecule has 5 nitrogen and oxygen atoms in total. The number of ether oxygens (including phenoxy) is 1. The Morgan fingerprint density at radius 2 is 2.14 bits per heavy atom. The van der Waals surface area contributed by atoms with Crippen molar-refractivity contribution in [1.29, 1.82) is 0 Å². The number of hydrogen-bond acceptors (Lipinski definition) is 6. The lowest BCUT2D eigenvalue weighted by Gasteiger charge is -2.33. The maximum absolute atomic E-state index is 5.83. The zero-order chi connectivity index (χ0) is 18.9. The topological polar surface area (TPSA) is 51.1 Å². The number of rotatable bonds is 4. The Kier molecular flexibility index (Phi) is 4.50. The fourth-order valence-corrected chi connectivity index (χ4v) is 4.34. The Morgan fingerprint density at radius 1 is 1.18 bits per heavy atom. The molecule has 0 bridgehead atoms. The van der Waals surface area contributed by atoms with Gasteiger partial charge in [-0.1, -0.05) is 12.1 Å². The first-order valence-corrected chi connectivity index (χ1v) is 10.3. The van der Waals surface area contributed by atoms with Crippen molar-refractivity contribution in [2.24, 2.45) is 0 Å². The number of aromatic nitrogens is 3. The Balaban J connectivity index is 1.33. The molecule has 6 heteroatoms. The van der Waals surface area contributed by atoms with E-state index in [-0.39, 0.29) is 0 Å². The lowest BCUT2D eigenvalue weighted by atomic mass is 10.0. The summed E-state index contributed by atoms with van der Waals surface area (Å²) >= 11 is 1.69. The fourth-order valence-electron chi connectivity index (χ4n) is 3.68. The molecule has 0 amide bonds. The van der Waals surface area contributed by atoms with Gasteiger partial charge < -0.3 is 4.74 Å². The highest BCUT2D eigenvalue weighted by Gasteiger charge is 2.23. The average molecular weight is 388 g/mol. The van der Waals surface area contributed by atoms with E-state index in [0.29, 0.717) is 17.7 Å². The van der Waals surface area contributed by atoms with Gasteiger partial charge in [-0.3, -0.25) is 9.88 Å². The first kappa shape index (κ1) is 17.3. The van der Waals surface area contributed by atoms with E-state index < -0.39 is 0 Å². The van der Waals surface area contributed by atoms with Gasteiger partial charge in [0.05, 0.1) is 27.6 Å². The van der Waals surface area contributed by atoms with E-state index in [2.05, 4.69) is 46.1 Å². The van der Waals surface area contributed by atoms with Crippen LogP contribution in [0.2, 0.25) is 0 Å². The van der Waals surface area contributed by atoms with Crippen LogP contribution in [0, 0.1) is 0 Å². The molecule has 0 saturated carbocycles. The zero-order valence-electron chi connectivity index (χ0n) is 15.6. The third-order valence-electron chi connectivity index (χ3n) is 5.29. The summed E-state index contributed by atoms with van der Waals surface area (Å²) in [5.74, 6) is 1.33. The van der Waals surface area contributed by atoms with E-state index in [4.69, 9.17) is 9.72 Å². The molecule has 3 aromatic heterocycles. The van der Waals surface area contributed by atoms with Gasteiger partial charge in [-0.2, -0.15) is 0 Å². The second-order valence-electron chi connectivity index (χ2n) is 7.02. The molecule has 0 fully saturated rings. The molecule has 4 aromatic rings. The molecule has 0 radical (unpaired) electrons. The SMILES string of the molecule is CC(c1ccc2scnc2c1)N1CCc2nc(Oc3cccnc3)ccc2C1. The second kappa shape index (κ2) is 7.30. The first-order chi connectivity index (χ1) is 13.8. The molecule has 1 aromatic carbocycles. The van der Waals surface area contributed by atoms with Crippen LogP contribution in [0.5, 0.6) is 11.6 Å². The van der Waals surface area contributed by atoms with E-state index in [1.165, 1.54) is 15.8 Å². The van der Waals surface area contributed by atoms with E-state index >= 15 is 0 Å². The van der Waals surface area contributed by atoms with Gasteiger partial charge in [0.25, 0.3) is 0 Å². The molecule has 28 heavy (non-hydrogen) atoms. The van der Waals surface area contributed by atoms with Crippen molar-refractivity contribution in [3.05, 3.63) is 77.2 Å². The quantitative estimate of drug-likeness (QED) is 0.492. The predicted octanol–water partition coefficient (Wildman–Crippen LogP) is 5.00. The molecule has 0 aliphatic carbocycles. The third kappa shape index (κ3) is 3.37. The Hall–Kier alpha value is -2.83. The summed E-state index contributed by atoms with van der Waals surface area (Å²) < 4.78 is 7.07. The highest BCUT2D eigenvalue weighted by molar-refractivity contribution is 7.16. The van der Waals surface area contributed by atoms with Crippen molar-refractivity contribution in [3.63, 3.8) is 0 Å². The standard InChI is InChI=1S/C22H20N4OS/c1-15(16-4-6-21-20(11-16)24-14-28-21)26-10-8-19-17(13-26)5-7-22(25-19)27-18-3-2-9-23-12-18/h2-7,9,11-12,14-15H,8,10,13H2,1H3. The van der Waals surface area contributed by atoms with Gasteiger partial charge in [-0.05, 0) is 42.3 Å².